The molecule has 2 amide bonds. The van der Waals surface area contributed by atoms with Gasteiger partial charge in [-0.1, -0.05) is 12.8 Å². The van der Waals surface area contributed by atoms with Gasteiger partial charge in [-0.05, 0) is 52.1 Å². The van der Waals surface area contributed by atoms with Crippen molar-refractivity contribution in [1.82, 2.24) is 21.1 Å². The Morgan fingerprint density at radius 1 is 1.11 bits per heavy atom. The summed E-state index contributed by atoms with van der Waals surface area (Å²) >= 11 is 0. The number of nitrogens with one attached hydrogen (secondary N) is 3. The SMILES string of the molecule is CC(=O)N(CCCCCCNC=NN)NC(=O)OCCCCNCC[C@@H](C)N. The number of ether oxygens (including phenoxy) is 1. The van der Waals surface area contributed by atoms with Crippen LogP contribution in [0.1, 0.15) is 58.8 Å². The number of hydrazine groups is 1. The summed E-state index contributed by atoms with van der Waals surface area (Å²) in [5, 5.41) is 10.9. The molecule has 10 heteroatoms. The number of nitrogens with two attached hydrogens (primary N) is 2. The maximum Gasteiger partial charge on any atom is 0.426 e. The molecule has 7 N–H and O–H groups in total. The second-order valence-corrected chi connectivity index (χ2v) is 6.79. The molecule has 10 nitrogen and oxygen atoms in total. The lowest BCUT2D eigenvalue weighted by atomic mass is 10.2. The number of nitrogens with zero attached hydrogens (tertiary/aromatic N) is 2. The van der Waals surface area contributed by atoms with Crippen LogP contribution in [0.25, 0.3) is 0 Å². The molecule has 0 heterocycles. The highest BCUT2D eigenvalue weighted by atomic mass is 16.6. The minimum Gasteiger partial charge on any atom is -0.448 e. The smallest absolute Gasteiger partial charge is 0.426 e. The van der Waals surface area contributed by atoms with Crippen LogP contribution in [0.3, 0.4) is 0 Å². The molecule has 0 aromatic rings. The van der Waals surface area contributed by atoms with E-state index in [0.717, 1.165) is 64.6 Å². The third-order valence-electron chi connectivity index (χ3n) is 3.98. The zero-order valence-corrected chi connectivity index (χ0v) is 17.4. The molecular weight excluding hydrogens is 362 g/mol. The van der Waals surface area contributed by atoms with E-state index >= 15 is 0 Å². The second kappa shape index (κ2) is 18.3. The summed E-state index contributed by atoms with van der Waals surface area (Å²) in [6, 6.07) is 0.206. The van der Waals surface area contributed by atoms with Crippen LogP contribution in [0.5, 0.6) is 0 Å². The Balaban J connectivity index is 3.71. The molecule has 0 saturated carbocycles. The van der Waals surface area contributed by atoms with Crippen molar-refractivity contribution >= 4 is 18.3 Å². The maximum absolute atomic E-state index is 11.8. The van der Waals surface area contributed by atoms with Crippen molar-refractivity contribution in [2.24, 2.45) is 16.7 Å². The van der Waals surface area contributed by atoms with Crippen LogP contribution in [0.4, 0.5) is 4.79 Å². The van der Waals surface area contributed by atoms with Gasteiger partial charge in [0.05, 0.1) is 6.61 Å². The molecule has 164 valence electrons. The van der Waals surface area contributed by atoms with Crippen molar-refractivity contribution in [1.29, 1.82) is 0 Å². The third kappa shape index (κ3) is 17.3. The molecule has 0 unspecified atom stereocenters. The summed E-state index contributed by atoms with van der Waals surface area (Å²) < 4.78 is 5.13. The van der Waals surface area contributed by atoms with Gasteiger partial charge in [-0.15, -0.1) is 0 Å². The van der Waals surface area contributed by atoms with Crippen LogP contribution in [-0.2, 0) is 9.53 Å². The lowest BCUT2D eigenvalue weighted by Crippen LogP contribution is -2.46. The third-order valence-corrected chi connectivity index (χ3v) is 3.98. The molecule has 1 atom stereocenters. The van der Waals surface area contributed by atoms with Crippen molar-refractivity contribution in [2.45, 2.75) is 64.8 Å². The van der Waals surface area contributed by atoms with Crippen LogP contribution >= 0.6 is 0 Å². The minimum atomic E-state index is -0.592. The largest absolute Gasteiger partial charge is 0.448 e. The predicted octanol–water partition coefficient (Wildman–Crippen LogP) is 0.635. The van der Waals surface area contributed by atoms with Crippen molar-refractivity contribution in [3.05, 3.63) is 0 Å². The van der Waals surface area contributed by atoms with Gasteiger partial charge in [-0.2, -0.15) is 5.10 Å². The summed E-state index contributed by atoms with van der Waals surface area (Å²) in [6.07, 6.45) is 7.25. The molecule has 0 radical (unpaired) electrons. The number of hydrogen-bond acceptors (Lipinski definition) is 7. The lowest BCUT2D eigenvalue weighted by molar-refractivity contribution is -0.131. The Morgan fingerprint density at radius 2 is 1.82 bits per heavy atom. The Kier molecular flexibility index (Phi) is 16.9. The van der Waals surface area contributed by atoms with E-state index < -0.39 is 6.09 Å². The number of unbranched alkanes of at least 4 members (excludes halogenated alkanes) is 4. The summed E-state index contributed by atoms with van der Waals surface area (Å²) in [4.78, 5) is 23.5. The first-order chi connectivity index (χ1) is 13.5. The van der Waals surface area contributed by atoms with Gasteiger partial charge in [0.15, 0.2) is 0 Å². The molecule has 0 aliphatic carbocycles. The van der Waals surface area contributed by atoms with Crippen LogP contribution < -0.4 is 27.6 Å². The van der Waals surface area contributed by atoms with Gasteiger partial charge in [0.25, 0.3) is 0 Å². The Morgan fingerprint density at radius 3 is 2.50 bits per heavy atom. The average molecular weight is 402 g/mol. The van der Waals surface area contributed by atoms with E-state index in [-0.39, 0.29) is 11.9 Å². The Hall–Kier alpha value is -2.07. The van der Waals surface area contributed by atoms with Crippen molar-refractivity contribution < 1.29 is 14.3 Å². The molecule has 0 bridgehead atoms. The zero-order chi connectivity index (χ0) is 21.0. The number of rotatable bonds is 16. The molecule has 0 fully saturated rings. The van der Waals surface area contributed by atoms with Crippen molar-refractivity contribution in [3.63, 3.8) is 0 Å². The van der Waals surface area contributed by atoms with Crippen molar-refractivity contribution in [3.8, 4) is 0 Å². The fraction of sp³-hybridized carbons (Fsp3) is 0.833. The standard InChI is InChI=1S/C18H39N7O3/c1-16(19)9-12-21-10-6-8-14-28-18(27)24-25(17(2)26)13-7-4-3-5-11-22-15-23-20/h15-16,21H,3-14,19-20H2,1-2H3,(H,22,23)(H,24,27)/t16-/m1/s1. The zero-order valence-electron chi connectivity index (χ0n) is 17.4. The van der Waals surface area contributed by atoms with E-state index in [9.17, 15) is 9.59 Å². The fourth-order valence-electron chi connectivity index (χ4n) is 2.37. The summed E-state index contributed by atoms with van der Waals surface area (Å²) in [7, 11) is 0. The first kappa shape index (κ1) is 25.9. The van der Waals surface area contributed by atoms with Gasteiger partial charge in [-0.3, -0.25) is 9.80 Å². The van der Waals surface area contributed by atoms with E-state index in [4.69, 9.17) is 16.3 Å². The summed E-state index contributed by atoms with van der Waals surface area (Å²) in [5.74, 6) is 4.77. The van der Waals surface area contributed by atoms with Gasteiger partial charge in [-0.25, -0.2) is 10.2 Å². The van der Waals surface area contributed by atoms with Gasteiger partial charge in [0, 0.05) is 26.1 Å². The average Bonchev–Trinajstić information content (AvgIpc) is 2.64. The number of carbonyl (C=O) groups excluding carboxylic acids is 2. The summed E-state index contributed by atoms with van der Waals surface area (Å²) in [6.45, 7) is 6.76. The van der Waals surface area contributed by atoms with Gasteiger partial charge < -0.3 is 26.9 Å². The highest BCUT2D eigenvalue weighted by Gasteiger charge is 2.12. The van der Waals surface area contributed by atoms with E-state index in [1.807, 2.05) is 6.92 Å². The monoisotopic (exact) mass is 401 g/mol. The first-order valence-corrected chi connectivity index (χ1v) is 10.1. The lowest BCUT2D eigenvalue weighted by Gasteiger charge is -2.21. The Bertz CT molecular complexity index is 433. The van der Waals surface area contributed by atoms with E-state index in [0.29, 0.717) is 13.2 Å². The number of hydrazone groups is 1. The fourth-order valence-corrected chi connectivity index (χ4v) is 2.37. The molecule has 0 saturated heterocycles. The highest BCUT2D eigenvalue weighted by Crippen LogP contribution is 2.01. The molecule has 0 aliphatic rings. The van der Waals surface area contributed by atoms with Crippen LogP contribution in [0.2, 0.25) is 0 Å². The predicted molar refractivity (Wildman–Crippen MR) is 111 cm³/mol. The maximum atomic E-state index is 11.8. The minimum absolute atomic E-state index is 0.206. The van der Waals surface area contributed by atoms with E-state index in [1.54, 1.807) is 0 Å². The van der Waals surface area contributed by atoms with Gasteiger partial charge in [0.2, 0.25) is 5.91 Å². The number of carbonyl (C=O) groups is 2. The molecule has 0 rings (SSSR count). The van der Waals surface area contributed by atoms with Crippen LogP contribution in [0.15, 0.2) is 5.10 Å². The summed E-state index contributed by atoms with van der Waals surface area (Å²) in [5.41, 5.74) is 8.18. The molecule has 0 aromatic carbocycles. The second-order valence-electron chi connectivity index (χ2n) is 6.79. The van der Waals surface area contributed by atoms with E-state index in [2.05, 4.69) is 21.2 Å². The molecule has 28 heavy (non-hydrogen) atoms. The quantitative estimate of drug-likeness (QED) is 0.0838. The molecular formula is C18H39N7O3. The van der Waals surface area contributed by atoms with Gasteiger partial charge in [0.1, 0.15) is 6.34 Å². The normalized spacial score (nSPS) is 12.0. The van der Waals surface area contributed by atoms with Crippen LogP contribution in [-0.4, -0.2) is 62.2 Å². The first-order valence-electron chi connectivity index (χ1n) is 10.1. The topological polar surface area (TPSA) is 147 Å². The van der Waals surface area contributed by atoms with E-state index in [1.165, 1.54) is 18.3 Å². The van der Waals surface area contributed by atoms with Crippen LogP contribution in [0, 0.1) is 0 Å². The number of amides is 2. The molecule has 0 aromatic heterocycles. The Labute approximate surface area is 168 Å². The highest BCUT2D eigenvalue weighted by molar-refractivity contribution is 5.77. The molecule has 0 spiro atoms. The number of hydrogen-bond donors (Lipinski definition) is 5. The van der Waals surface area contributed by atoms with Gasteiger partial charge >= 0.3 is 6.09 Å². The molecule has 0 aliphatic heterocycles. The van der Waals surface area contributed by atoms with Crippen molar-refractivity contribution in [2.75, 3.05) is 32.8 Å².